The molecule has 1 saturated heterocycles. The molecule has 0 radical (unpaired) electrons. The van der Waals surface area contributed by atoms with Crippen molar-refractivity contribution in [1.82, 2.24) is 10.3 Å². The van der Waals surface area contributed by atoms with Crippen LogP contribution in [0, 0.1) is 16.7 Å². The minimum atomic E-state index is 0.229. The monoisotopic (exact) mass is 286 g/mol. The van der Waals surface area contributed by atoms with Crippen LogP contribution in [0.25, 0.3) is 10.2 Å². The van der Waals surface area contributed by atoms with E-state index in [1.165, 1.54) is 11.3 Å². The molecule has 3 rings (SSSR count). The maximum atomic E-state index is 8.91. The summed E-state index contributed by atoms with van der Waals surface area (Å²) in [4.78, 5) is 4.33. The topological polar surface area (TPSA) is 60.7 Å². The maximum absolute atomic E-state index is 8.91. The maximum Gasteiger partial charge on any atom is 0.195 e. The molecule has 104 valence electrons. The predicted molar refractivity (Wildman–Crippen MR) is 83.0 cm³/mol. The van der Waals surface area contributed by atoms with E-state index in [0.29, 0.717) is 11.0 Å². The molecule has 1 atom stereocenters. The number of nitriles is 1. The Morgan fingerprint density at radius 1 is 1.50 bits per heavy atom. The minimum absolute atomic E-state index is 0.229. The van der Waals surface area contributed by atoms with Gasteiger partial charge in [0.05, 0.1) is 10.2 Å². The van der Waals surface area contributed by atoms with Crippen LogP contribution in [0.15, 0.2) is 18.2 Å². The molecule has 0 spiro atoms. The zero-order valence-electron chi connectivity index (χ0n) is 11.7. The number of thiazole rings is 1. The Kier molecular flexibility index (Phi) is 3.36. The second kappa shape index (κ2) is 5.04. The third-order valence-corrected chi connectivity index (χ3v) is 4.90. The predicted octanol–water partition coefficient (Wildman–Crippen LogP) is 2.97. The molecule has 2 heterocycles. The number of fused-ring (bicyclic) bond motifs is 1. The Balaban J connectivity index is 1.85. The number of benzene rings is 1. The summed E-state index contributed by atoms with van der Waals surface area (Å²) < 4.78 is 1.07. The Morgan fingerprint density at radius 3 is 3.10 bits per heavy atom. The van der Waals surface area contributed by atoms with Crippen LogP contribution in [0.5, 0.6) is 0 Å². The van der Waals surface area contributed by atoms with E-state index in [0.717, 1.165) is 35.4 Å². The number of piperidine rings is 1. The molecule has 0 saturated carbocycles. The normalized spacial score (nSPS) is 21.6. The molecule has 1 aliphatic heterocycles. The summed E-state index contributed by atoms with van der Waals surface area (Å²) in [6, 6.07) is 8.74. The van der Waals surface area contributed by atoms with Crippen LogP contribution in [-0.4, -0.2) is 24.1 Å². The van der Waals surface area contributed by atoms with Crippen LogP contribution >= 0.6 is 11.3 Å². The first kappa shape index (κ1) is 13.3. The summed E-state index contributed by atoms with van der Waals surface area (Å²) in [6.07, 6.45) is 1.12. The van der Waals surface area contributed by atoms with Gasteiger partial charge in [-0.25, -0.2) is 4.98 Å². The van der Waals surface area contributed by atoms with Gasteiger partial charge < -0.3 is 10.6 Å². The van der Waals surface area contributed by atoms with E-state index < -0.39 is 0 Å². The smallest absolute Gasteiger partial charge is 0.195 e. The largest absolute Gasteiger partial charge is 0.382 e. The summed E-state index contributed by atoms with van der Waals surface area (Å²) in [6.45, 7) is 6.65. The van der Waals surface area contributed by atoms with Gasteiger partial charge in [-0.05, 0) is 36.6 Å². The molecule has 0 amide bonds. The van der Waals surface area contributed by atoms with E-state index in [-0.39, 0.29) is 5.41 Å². The van der Waals surface area contributed by atoms with Gasteiger partial charge in [-0.3, -0.25) is 0 Å². The second-order valence-electron chi connectivity index (χ2n) is 5.96. The fourth-order valence-electron chi connectivity index (χ4n) is 2.70. The van der Waals surface area contributed by atoms with Gasteiger partial charge in [0.2, 0.25) is 0 Å². The molecule has 1 fully saturated rings. The number of nitrogens with zero attached hydrogens (tertiary/aromatic N) is 2. The van der Waals surface area contributed by atoms with Crippen LogP contribution in [0.1, 0.15) is 25.3 Å². The number of hydrogen-bond acceptors (Lipinski definition) is 5. The van der Waals surface area contributed by atoms with E-state index in [9.17, 15) is 0 Å². The van der Waals surface area contributed by atoms with E-state index in [1.54, 1.807) is 0 Å². The highest BCUT2D eigenvalue weighted by Gasteiger charge is 2.31. The van der Waals surface area contributed by atoms with Gasteiger partial charge in [0.1, 0.15) is 6.07 Å². The summed E-state index contributed by atoms with van der Waals surface area (Å²) in [7, 11) is 0. The van der Waals surface area contributed by atoms with Gasteiger partial charge in [0.25, 0.3) is 0 Å². The van der Waals surface area contributed by atoms with Gasteiger partial charge >= 0.3 is 0 Å². The highest BCUT2D eigenvalue weighted by molar-refractivity contribution is 7.19. The third kappa shape index (κ3) is 2.49. The first-order valence-corrected chi connectivity index (χ1v) is 7.68. The molecule has 0 aliphatic carbocycles. The molecule has 2 N–H and O–H groups in total. The van der Waals surface area contributed by atoms with Gasteiger partial charge in [-0.2, -0.15) is 5.26 Å². The SMILES string of the molecule is CC1(C)CNCCC1Nc1ccc2sc(C#N)nc2c1. The molecule has 1 aromatic carbocycles. The number of aromatic nitrogens is 1. The van der Waals surface area contributed by atoms with Crippen molar-refractivity contribution in [3.8, 4) is 6.07 Å². The molecule has 5 heteroatoms. The van der Waals surface area contributed by atoms with Gasteiger partial charge in [0, 0.05) is 18.3 Å². The van der Waals surface area contributed by atoms with Crippen molar-refractivity contribution in [2.24, 2.45) is 5.41 Å². The number of rotatable bonds is 2. The van der Waals surface area contributed by atoms with E-state index in [1.807, 2.05) is 12.1 Å². The van der Waals surface area contributed by atoms with E-state index in [4.69, 9.17) is 5.26 Å². The zero-order valence-corrected chi connectivity index (χ0v) is 12.5. The number of anilines is 1. The van der Waals surface area contributed by atoms with Crippen LogP contribution in [-0.2, 0) is 0 Å². The molecular formula is C15H18N4S. The van der Waals surface area contributed by atoms with E-state index >= 15 is 0 Å². The number of nitrogens with one attached hydrogen (secondary N) is 2. The average molecular weight is 286 g/mol. The van der Waals surface area contributed by atoms with Crippen molar-refractivity contribution < 1.29 is 0 Å². The third-order valence-electron chi connectivity index (χ3n) is 3.96. The fraction of sp³-hybridized carbons (Fsp3) is 0.467. The summed E-state index contributed by atoms with van der Waals surface area (Å²) >= 11 is 1.44. The Labute approximate surface area is 122 Å². The van der Waals surface area contributed by atoms with Crippen molar-refractivity contribution >= 4 is 27.2 Å². The lowest BCUT2D eigenvalue weighted by molar-refractivity contribution is 0.236. The quantitative estimate of drug-likeness (QED) is 0.891. The van der Waals surface area contributed by atoms with Crippen molar-refractivity contribution in [2.75, 3.05) is 18.4 Å². The molecule has 20 heavy (non-hydrogen) atoms. The van der Waals surface area contributed by atoms with Crippen LogP contribution < -0.4 is 10.6 Å². The Bertz CT molecular complexity index is 668. The van der Waals surface area contributed by atoms with Gasteiger partial charge in [-0.1, -0.05) is 13.8 Å². The summed E-state index contributed by atoms with van der Waals surface area (Å²) in [5.74, 6) is 0. The van der Waals surface area contributed by atoms with Crippen LogP contribution in [0.4, 0.5) is 5.69 Å². The molecule has 0 bridgehead atoms. The molecule has 4 nitrogen and oxygen atoms in total. The second-order valence-corrected chi connectivity index (χ2v) is 6.99. The standard InChI is InChI=1S/C15H18N4S/c1-15(2)9-17-6-5-13(15)18-10-3-4-12-11(7-10)19-14(8-16)20-12/h3-4,7,13,17-18H,5-6,9H2,1-2H3. The molecule has 1 aliphatic rings. The first-order chi connectivity index (χ1) is 9.58. The molecule has 2 aromatic rings. The first-order valence-electron chi connectivity index (χ1n) is 6.86. The highest BCUT2D eigenvalue weighted by Crippen LogP contribution is 2.30. The van der Waals surface area contributed by atoms with Gasteiger partial charge in [-0.15, -0.1) is 11.3 Å². The highest BCUT2D eigenvalue weighted by atomic mass is 32.1. The summed E-state index contributed by atoms with van der Waals surface area (Å²) in [5.41, 5.74) is 2.23. The van der Waals surface area contributed by atoms with E-state index in [2.05, 4.69) is 41.6 Å². The van der Waals surface area contributed by atoms with Crippen molar-refractivity contribution in [1.29, 1.82) is 5.26 Å². The zero-order chi connectivity index (χ0) is 14.2. The number of hydrogen-bond donors (Lipinski definition) is 2. The Hall–Kier alpha value is -1.64. The lowest BCUT2D eigenvalue weighted by Crippen LogP contribution is -2.49. The Morgan fingerprint density at radius 2 is 2.35 bits per heavy atom. The minimum Gasteiger partial charge on any atom is -0.382 e. The van der Waals surface area contributed by atoms with Crippen LogP contribution in [0.2, 0.25) is 0 Å². The molecule has 1 aromatic heterocycles. The fourth-order valence-corrected chi connectivity index (χ4v) is 3.45. The summed E-state index contributed by atoms with van der Waals surface area (Å²) in [5, 5.41) is 16.5. The average Bonchev–Trinajstić information content (AvgIpc) is 2.83. The lowest BCUT2D eigenvalue weighted by Gasteiger charge is -2.40. The molecular weight excluding hydrogens is 268 g/mol. The van der Waals surface area contributed by atoms with Crippen LogP contribution in [0.3, 0.4) is 0 Å². The lowest BCUT2D eigenvalue weighted by atomic mass is 9.80. The van der Waals surface area contributed by atoms with Crippen molar-refractivity contribution in [2.45, 2.75) is 26.3 Å². The van der Waals surface area contributed by atoms with Crippen molar-refractivity contribution in [3.63, 3.8) is 0 Å². The van der Waals surface area contributed by atoms with Crippen molar-refractivity contribution in [3.05, 3.63) is 23.2 Å². The molecule has 1 unspecified atom stereocenters. The van der Waals surface area contributed by atoms with Gasteiger partial charge in [0.15, 0.2) is 5.01 Å².